The molecule has 0 unspecified atom stereocenters. The molecule has 2 rings (SSSR count). The van der Waals surface area contributed by atoms with Crippen LogP contribution in [0.5, 0.6) is 0 Å². The van der Waals surface area contributed by atoms with Crippen LogP contribution < -0.4 is 5.32 Å². The molecule has 2 amide bonds. The first kappa shape index (κ1) is 13.3. The first-order chi connectivity index (χ1) is 9.06. The summed E-state index contributed by atoms with van der Waals surface area (Å²) in [6.07, 6.45) is 1.01. The predicted octanol–water partition coefficient (Wildman–Crippen LogP) is 1.58. The van der Waals surface area contributed by atoms with E-state index in [9.17, 15) is 20.0 Å². The van der Waals surface area contributed by atoms with Gasteiger partial charge in [0.1, 0.15) is 0 Å². The van der Waals surface area contributed by atoms with E-state index in [-0.39, 0.29) is 11.7 Å². The van der Waals surface area contributed by atoms with Crippen LogP contribution in [-0.4, -0.2) is 40.2 Å². The number of hydrogen-bond acceptors (Lipinski definition) is 4. The number of urea groups is 1. The SMILES string of the molecule is O=C(Nc1ccc([N+](=O)[O-])cc1)N1CCC[C@@H](O)C1. The summed E-state index contributed by atoms with van der Waals surface area (Å²) < 4.78 is 0. The Morgan fingerprint density at radius 2 is 2.11 bits per heavy atom. The van der Waals surface area contributed by atoms with E-state index in [2.05, 4.69) is 5.32 Å². The van der Waals surface area contributed by atoms with Gasteiger partial charge in [-0.15, -0.1) is 0 Å². The lowest BCUT2D eigenvalue weighted by molar-refractivity contribution is -0.384. The summed E-state index contributed by atoms with van der Waals surface area (Å²) in [5.74, 6) is 0. The fraction of sp³-hybridized carbons (Fsp3) is 0.417. The quantitative estimate of drug-likeness (QED) is 0.626. The van der Waals surface area contributed by atoms with Crippen LogP contribution in [0.4, 0.5) is 16.2 Å². The number of β-amino-alcohol motifs (C(OH)–C–C–N with tert-alkyl or cyclic N) is 1. The number of benzene rings is 1. The number of anilines is 1. The molecular formula is C12H15N3O4. The Morgan fingerprint density at radius 1 is 1.42 bits per heavy atom. The summed E-state index contributed by atoms with van der Waals surface area (Å²) in [6, 6.07) is 5.33. The number of carbonyl (C=O) groups excluding carboxylic acids is 1. The maximum Gasteiger partial charge on any atom is 0.321 e. The number of hydrogen-bond donors (Lipinski definition) is 2. The molecule has 0 aromatic heterocycles. The second-order valence-corrected chi connectivity index (χ2v) is 4.48. The van der Waals surface area contributed by atoms with Gasteiger partial charge in [-0.1, -0.05) is 0 Å². The molecule has 7 heteroatoms. The van der Waals surface area contributed by atoms with Crippen LogP contribution in [0.2, 0.25) is 0 Å². The zero-order valence-electron chi connectivity index (χ0n) is 10.3. The van der Waals surface area contributed by atoms with Crippen LogP contribution in [0, 0.1) is 10.1 Å². The predicted molar refractivity (Wildman–Crippen MR) is 68.9 cm³/mol. The van der Waals surface area contributed by atoms with Crippen LogP contribution >= 0.6 is 0 Å². The van der Waals surface area contributed by atoms with E-state index in [1.165, 1.54) is 29.2 Å². The number of nitro benzene ring substituents is 1. The van der Waals surface area contributed by atoms with Crippen molar-refractivity contribution in [3.8, 4) is 0 Å². The fourth-order valence-corrected chi connectivity index (χ4v) is 2.01. The molecule has 1 aliphatic heterocycles. The van der Waals surface area contributed by atoms with Crippen LogP contribution in [0.1, 0.15) is 12.8 Å². The van der Waals surface area contributed by atoms with Gasteiger partial charge in [0, 0.05) is 30.9 Å². The number of nitro groups is 1. The van der Waals surface area contributed by atoms with Crippen molar-refractivity contribution >= 4 is 17.4 Å². The van der Waals surface area contributed by atoms with E-state index in [0.29, 0.717) is 25.2 Å². The van der Waals surface area contributed by atoms with E-state index in [0.717, 1.165) is 6.42 Å². The fourth-order valence-electron chi connectivity index (χ4n) is 2.01. The highest BCUT2D eigenvalue weighted by atomic mass is 16.6. The third-order valence-electron chi connectivity index (χ3n) is 3.01. The molecule has 0 aliphatic carbocycles. The van der Waals surface area contributed by atoms with Crippen molar-refractivity contribution in [2.45, 2.75) is 18.9 Å². The van der Waals surface area contributed by atoms with Gasteiger partial charge in [-0.25, -0.2) is 4.79 Å². The molecule has 1 aromatic carbocycles. The van der Waals surface area contributed by atoms with Crippen molar-refractivity contribution < 1.29 is 14.8 Å². The maximum absolute atomic E-state index is 11.9. The molecule has 1 heterocycles. The lowest BCUT2D eigenvalue weighted by Gasteiger charge is -2.30. The first-order valence-corrected chi connectivity index (χ1v) is 6.05. The Morgan fingerprint density at radius 3 is 2.68 bits per heavy atom. The normalized spacial score (nSPS) is 19.0. The Hall–Kier alpha value is -2.15. The summed E-state index contributed by atoms with van der Waals surface area (Å²) >= 11 is 0. The summed E-state index contributed by atoms with van der Waals surface area (Å²) in [6.45, 7) is 0.925. The molecule has 0 bridgehead atoms. The van der Waals surface area contributed by atoms with Gasteiger partial charge >= 0.3 is 6.03 Å². The van der Waals surface area contributed by atoms with Crippen molar-refractivity contribution in [2.24, 2.45) is 0 Å². The van der Waals surface area contributed by atoms with Crippen molar-refractivity contribution in [1.82, 2.24) is 4.90 Å². The van der Waals surface area contributed by atoms with Crippen molar-refractivity contribution in [3.63, 3.8) is 0 Å². The molecule has 1 fully saturated rings. The second kappa shape index (κ2) is 5.66. The van der Waals surface area contributed by atoms with Gasteiger partial charge in [0.15, 0.2) is 0 Å². The maximum atomic E-state index is 11.9. The average Bonchev–Trinajstić information content (AvgIpc) is 2.39. The molecule has 0 spiro atoms. The van der Waals surface area contributed by atoms with E-state index >= 15 is 0 Å². The number of amides is 2. The monoisotopic (exact) mass is 265 g/mol. The molecule has 0 radical (unpaired) electrons. The number of non-ortho nitro benzene ring substituents is 1. The van der Waals surface area contributed by atoms with Gasteiger partial charge in [-0.3, -0.25) is 10.1 Å². The van der Waals surface area contributed by atoms with Gasteiger partial charge in [0.05, 0.1) is 11.0 Å². The number of carbonyl (C=O) groups is 1. The minimum absolute atomic E-state index is 0.0219. The van der Waals surface area contributed by atoms with E-state index < -0.39 is 11.0 Å². The Balaban J connectivity index is 1.96. The number of nitrogens with one attached hydrogen (secondary N) is 1. The number of piperidine rings is 1. The third-order valence-corrected chi connectivity index (χ3v) is 3.01. The van der Waals surface area contributed by atoms with E-state index in [1.807, 2.05) is 0 Å². The third kappa shape index (κ3) is 3.41. The molecule has 2 N–H and O–H groups in total. The Bertz CT molecular complexity index is 474. The van der Waals surface area contributed by atoms with Crippen LogP contribution in [0.3, 0.4) is 0 Å². The summed E-state index contributed by atoms with van der Waals surface area (Å²) in [4.78, 5) is 23.4. The van der Waals surface area contributed by atoms with Crippen molar-refractivity contribution in [3.05, 3.63) is 34.4 Å². The van der Waals surface area contributed by atoms with Gasteiger partial charge in [0.2, 0.25) is 0 Å². The van der Waals surface area contributed by atoms with Crippen LogP contribution in [0.15, 0.2) is 24.3 Å². The van der Waals surface area contributed by atoms with E-state index in [4.69, 9.17) is 0 Å². The highest BCUT2D eigenvalue weighted by Gasteiger charge is 2.22. The topological polar surface area (TPSA) is 95.7 Å². The number of aliphatic hydroxyl groups is 1. The minimum atomic E-state index is -0.493. The first-order valence-electron chi connectivity index (χ1n) is 6.05. The number of nitrogens with zero attached hydrogens (tertiary/aromatic N) is 2. The highest BCUT2D eigenvalue weighted by Crippen LogP contribution is 2.17. The van der Waals surface area contributed by atoms with E-state index in [1.54, 1.807) is 0 Å². The standard InChI is InChI=1S/C12H15N3O4/c16-11-2-1-7-14(8-11)12(17)13-9-3-5-10(6-4-9)15(18)19/h3-6,11,16H,1-2,7-8H2,(H,13,17)/t11-/m1/s1. The highest BCUT2D eigenvalue weighted by molar-refractivity contribution is 5.89. The largest absolute Gasteiger partial charge is 0.391 e. The lowest BCUT2D eigenvalue weighted by Crippen LogP contribution is -2.44. The van der Waals surface area contributed by atoms with Crippen LogP contribution in [-0.2, 0) is 0 Å². The second-order valence-electron chi connectivity index (χ2n) is 4.48. The molecule has 1 aromatic rings. The number of likely N-dealkylation sites (tertiary alicyclic amines) is 1. The Labute approximate surface area is 110 Å². The minimum Gasteiger partial charge on any atom is -0.391 e. The zero-order chi connectivity index (χ0) is 13.8. The molecule has 1 aliphatic rings. The summed E-state index contributed by atoms with van der Waals surface area (Å²) in [5, 5.41) is 22.6. The van der Waals surface area contributed by atoms with Crippen LogP contribution in [0.25, 0.3) is 0 Å². The zero-order valence-corrected chi connectivity index (χ0v) is 10.3. The average molecular weight is 265 g/mol. The van der Waals surface area contributed by atoms with Gasteiger partial charge < -0.3 is 15.3 Å². The number of aliphatic hydroxyl groups excluding tert-OH is 1. The molecule has 102 valence electrons. The van der Waals surface area contributed by atoms with Crippen molar-refractivity contribution in [2.75, 3.05) is 18.4 Å². The Kier molecular flexibility index (Phi) is 3.96. The molecule has 7 nitrogen and oxygen atoms in total. The molecule has 19 heavy (non-hydrogen) atoms. The number of rotatable bonds is 2. The molecule has 0 saturated carbocycles. The summed E-state index contributed by atoms with van der Waals surface area (Å²) in [7, 11) is 0. The molecular weight excluding hydrogens is 250 g/mol. The smallest absolute Gasteiger partial charge is 0.321 e. The molecule has 1 saturated heterocycles. The summed E-state index contributed by atoms with van der Waals surface area (Å²) in [5.41, 5.74) is 0.474. The lowest BCUT2D eigenvalue weighted by atomic mass is 10.1. The van der Waals surface area contributed by atoms with Gasteiger partial charge in [0.25, 0.3) is 5.69 Å². The molecule has 1 atom stereocenters. The van der Waals surface area contributed by atoms with Gasteiger partial charge in [-0.05, 0) is 25.0 Å². The van der Waals surface area contributed by atoms with Gasteiger partial charge in [-0.2, -0.15) is 0 Å². The van der Waals surface area contributed by atoms with Crippen molar-refractivity contribution in [1.29, 1.82) is 0 Å².